The molecule has 28 heavy (non-hydrogen) atoms. The van der Waals surface area contributed by atoms with Crippen LogP contribution in [-0.4, -0.2) is 41.2 Å². The van der Waals surface area contributed by atoms with Gasteiger partial charge in [0.25, 0.3) is 0 Å². The molecule has 0 spiro atoms. The lowest BCUT2D eigenvalue weighted by Crippen LogP contribution is -2.49. The van der Waals surface area contributed by atoms with Gasteiger partial charge in [-0.25, -0.2) is 9.88 Å². The van der Waals surface area contributed by atoms with Crippen LogP contribution in [0.3, 0.4) is 0 Å². The molecule has 5 atom stereocenters. The molecule has 0 aromatic carbocycles. The Morgan fingerprint density at radius 3 is 2.54 bits per heavy atom. The minimum atomic E-state index is -4.85. The molecule has 1 aromatic heterocycles. The zero-order valence-corrected chi connectivity index (χ0v) is 15.2. The van der Waals surface area contributed by atoms with Gasteiger partial charge in [0.2, 0.25) is 11.8 Å². The van der Waals surface area contributed by atoms with E-state index in [0.29, 0.717) is 12.5 Å². The zero-order valence-electron chi connectivity index (χ0n) is 15.2. The molecule has 2 amide bonds. The zero-order chi connectivity index (χ0) is 20.6. The Balaban J connectivity index is 1.80. The summed E-state index contributed by atoms with van der Waals surface area (Å²) < 4.78 is 51.3. The number of hydrogen-bond donors (Lipinski definition) is 0. The smallest absolute Gasteiger partial charge is 0.378 e. The standard InChI is InChI=1S/C18H16F3N3O4/c1-16-5-11(27-3)17(2,28-16)13-12(16)14(25)24(15(13)26)8-4-9(18(19,20)21)10(6-22)23-7-8/h4,7,11-13H,5H2,1-3H3/t11-,12+,13-,16?,17?/m0/s1. The summed E-state index contributed by atoms with van der Waals surface area (Å²) in [6.07, 6.45) is -3.93. The van der Waals surface area contributed by atoms with Gasteiger partial charge in [0, 0.05) is 13.5 Å². The second kappa shape index (κ2) is 5.52. The second-order valence-corrected chi connectivity index (χ2v) is 7.69. The molecule has 3 saturated heterocycles. The number of carbonyl (C=O) groups is 2. The summed E-state index contributed by atoms with van der Waals surface area (Å²) in [5, 5.41) is 8.88. The number of pyridine rings is 1. The molecule has 3 fully saturated rings. The number of hydrogen-bond acceptors (Lipinski definition) is 6. The molecule has 1 aromatic rings. The predicted octanol–water partition coefficient (Wildman–Crippen LogP) is 2.04. The molecule has 148 valence electrons. The number of ether oxygens (including phenoxy) is 2. The first-order valence-corrected chi connectivity index (χ1v) is 8.56. The first-order valence-electron chi connectivity index (χ1n) is 8.56. The van der Waals surface area contributed by atoms with Crippen LogP contribution in [0.5, 0.6) is 0 Å². The predicted molar refractivity (Wildman–Crippen MR) is 86.7 cm³/mol. The van der Waals surface area contributed by atoms with Crippen LogP contribution in [0, 0.1) is 23.2 Å². The molecule has 4 rings (SSSR count). The highest BCUT2D eigenvalue weighted by Crippen LogP contribution is 2.61. The van der Waals surface area contributed by atoms with Gasteiger partial charge >= 0.3 is 6.18 Å². The van der Waals surface area contributed by atoms with Crippen LogP contribution >= 0.6 is 0 Å². The van der Waals surface area contributed by atoms with Gasteiger partial charge in [-0.05, 0) is 19.9 Å². The van der Waals surface area contributed by atoms with Gasteiger partial charge in [-0.15, -0.1) is 0 Å². The van der Waals surface area contributed by atoms with Crippen molar-refractivity contribution in [2.24, 2.45) is 11.8 Å². The van der Waals surface area contributed by atoms with E-state index in [1.165, 1.54) is 13.2 Å². The molecule has 0 aliphatic carbocycles. The molecule has 0 radical (unpaired) electrons. The van der Waals surface area contributed by atoms with Gasteiger partial charge in [0.1, 0.15) is 11.7 Å². The molecule has 3 aliphatic rings. The highest BCUT2D eigenvalue weighted by atomic mass is 19.4. The van der Waals surface area contributed by atoms with Crippen molar-refractivity contribution in [1.82, 2.24) is 4.98 Å². The van der Waals surface area contributed by atoms with E-state index in [4.69, 9.17) is 14.7 Å². The van der Waals surface area contributed by atoms with Crippen LogP contribution in [0.15, 0.2) is 12.3 Å². The molecule has 0 N–H and O–H groups in total. The first kappa shape index (κ1) is 18.8. The maximum Gasteiger partial charge on any atom is 0.419 e. The highest BCUT2D eigenvalue weighted by molar-refractivity contribution is 6.23. The minimum Gasteiger partial charge on any atom is -0.378 e. The van der Waals surface area contributed by atoms with Crippen molar-refractivity contribution < 1.29 is 32.2 Å². The molecule has 2 unspecified atom stereocenters. The van der Waals surface area contributed by atoms with Crippen LogP contribution in [0.25, 0.3) is 0 Å². The summed E-state index contributed by atoms with van der Waals surface area (Å²) in [5.74, 6) is -2.96. The average molecular weight is 395 g/mol. The number of carbonyl (C=O) groups excluding carboxylic acids is 2. The van der Waals surface area contributed by atoms with E-state index >= 15 is 0 Å². The van der Waals surface area contributed by atoms with E-state index in [-0.39, 0.29) is 5.69 Å². The lowest BCUT2D eigenvalue weighted by Gasteiger charge is -2.34. The number of fused-ring (bicyclic) bond motifs is 5. The van der Waals surface area contributed by atoms with Crippen LogP contribution in [0.2, 0.25) is 0 Å². The number of rotatable bonds is 2. The van der Waals surface area contributed by atoms with E-state index in [0.717, 1.165) is 11.1 Å². The normalized spacial score (nSPS) is 36.8. The Hall–Kier alpha value is -2.51. The van der Waals surface area contributed by atoms with Crippen molar-refractivity contribution in [1.29, 1.82) is 5.26 Å². The Kier molecular flexibility index (Phi) is 3.71. The van der Waals surface area contributed by atoms with E-state index in [9.17, 15) is 22.8 Å². The third-order valence-electron chi connectivity index (χ3n) is 6.09. The number of nitrogens with zero attached hydrogens (tertiary/aromatic N) is 3. The number of amides is 2. The summed E-state index contributed by atoms with van der Waals surface area (Å²) >= 11 is 0. The number of halogens is 3. The first-order chi connectivity index (χ1) is 13.0. The van der Waals surface area contributed by atoms with E-state index < -0.39 is 58.4 Å². The third-order valence-corrected chi connectivity index (χ3v) is 6.09. The lowest BCUT2D eigenvalue weighted by molar-refractivity contribution is -0.138. The fraction of sp³-hybridized carbons (Fsp3) is 0.556. The SMILES string of the molecule is CO[C@H]1CC2(C)OC1(C)[C@@H]1C(=O)N(c3cnc(C#N)c(C(F)(F)F)c3)C(=O)[C@@H]12. The average Bonchev–Trinajstić information content (AvgIpc) is 3.14. The lowest BCUT2D eigenvalue weighted by atomic mass is 9.67. The molecule has 7 nitrogen and oxygen atoms in total. The minimum absolute atomic E-state index is 0.309. The maximum absolute atomic E-state index is 13.3. The number of methoxy groups -OCH3 is 1. The molecule has 4 heterocycles. The fourth-order valence-corrected chi connectivity index (χ4v) is 4.95. The molecule has 0 saturated carbocycles. The van der Waals surface area contributed by atoms with Crippen molar-refractivity contribution in [2.45, 2.75) is 43.8 Å². The van der Waals surface area contributed by atoms with E-state index in [2.05, 4.69) is 4.98 Å². The number of aromatic nitrogens is 1. The van der Waals surface area contributed by atoms with Gasteiger partial charge in [0.05, 0.1) is 41.0 Å². The fourth-order valence-electron chi connectivity index (χ4n) is 4.95. The summed E-state index contributed by atoms with van der Waals surface area (Å²) in [5.41, 5.74) is -4.43. The Morgan fingerprint density at radius 2 is 1.96 bits per heavy atom. The van der Waals surface area contributed by atoms with Crippen molar-refractivity contribution in [2.75, 3.05) is 12.0 Å². The summed E-state index contributed by atoms with van der Waals surface area (Å²) in [6, 6.07) is 1.99. The number of alkyl halides is 3. The van der Waals surface area contributed by atoms with Gasteiger partial charge in [0.15, 0.2) is 5.69 Å². The van der Waals surface area contributed by atoms with Crippen molar-refractivity contribution in [3.05, 3.63) is 23.5 Å². The summed E-state index contributed by atoms with van der Waals surface area (Å²) in [6.45, 7) is 3.39. The molecular weight excluding hydrogens is 379 g/mol. The van der Waals surface area contributed by atoms with E-state index in [1.807, 2.05) is 0 Å². The van der Waals surface area contributed by atoms with Crippen molar-refractivity contribution in [3.63, 3.8) is 0 Å². The van der Waals surface area contributed by atoms with Crippen LogP contribution < -0.4 is 4.90 Å². The Morgan fingerprint density at radius 1 is 1.32 bits per heavy atom. The molecule has 3 aliphatic heterocycles. The number of anilines is 1. The van der Waals surface area contributed by atoms with Crippen LogP contribution in [0.1, 0.15) is 31.5 Å². The number of imide groups is 1. The highest BCUT2D eigenvalue weighted by Gasteiger charge is 2.76. The van der Waals surface area contributed by atoms with Crippen LogP contribution in [0.4, 0.5) is 18.9 Å². The van der Waals surface area contributed by atoms with Crippen LogP contribution in [-0.2, 0) is 25.2 Å². The van der Waals surface area contributed by atoms with Gasteiger partial charge in [-0.2, -0.15) is 18.4 Å². The second-order valence-electron chi connectivity index (χ2n) is 7.69. The third kappa shape index (κ3) is 2.20. The summed E-state index contributed by atoms with van der Waals surface area (Å²) in [4.78, 5) is 30.4. The number of nitriles is 1. The van der Waals surface area contributed by atoms with Gasteiger partial charge in [-0.1, -0.05) is 0 Å². The maximum atomic E-state index is 13.3. The van der Waals surface area contributed by atoms with Crippen molar-refractivity contribution in [3.8, 4) is 6.07 Å². The molecular formula is C18H16F3N3O4. The van der Waals surface area contributed by atoms with Crippen molar-refractivity contribution >= 4 is 17.5 Å². The summed E-state index contributed by atoms with van der Waals surface area (Å²) in [7, 11) is 1.48. The molecule has 2 bridgehead atoms. The monoisotopic (exact) mass is 395 g/mol. The Bertz CT molecular complexity index is 943. The van der Waals surface area contributed by atoms with Gasteiger partial charge < -0.3 is 9.47 Å². The van der Waals surface area contributed by atoms with E-state index in [1.54, 1.807) is 13.8 Å². The van der Waals surface area contributed by atoms with Gasteiger partial charge in [-0.3, -0.25) is 9.59 Å². The molecule has 10 heteroatoms. The quantitative estimate of drug-likeness (QED) is 0.712. The topological polar surface area (TPSA) is 92.5 Å². The largest absolute Gasteiger partial charge is 0.419 e. The Labute approximate surface area is 158 Å².